The maximum atomic E-state index is 11.8. The predicted octanol–water partition coefficient (Wildman–Crippen LogP) is 3.88. The number of carbonyl (C=O) groups is 2. The number of anilines is 1. The quantitative estimate of drug-likeness (QED) is 0.376. The molecule has 27 heavy (non-hydrogen) atoms. The van der Waals surface area contributed by atoms with Gasteiger partial charge in [0.25, 0.3) is 5.69 Å². The Morgan fingerprint density at radius 2 is 1.89 bits per heavy atom. The van der Waals surface area contributed by atoms with Crippen LogP contribution in [0.25, 0.3) is 0 Å². The molecule has 0 aliphatic rings. The molecule has 2 aromatic rings. The number of nitro groups is 1. The SMILES string of the molecule is O=C(CCC(=O)Nc1ccccc1Cl)NN=Cc1ccc(Br)c([N+](=O)[O-])c1. The summed E-state index contributed by atoms with van der Waals surface area (Å²) in [7, 11) is 0. The van der Waals surface area contributed by atoms with Crippen molar-refractivity contribution in [1.29, 1.82) is 0 Å². The molecule has 140 valence electrons. The lowest BCUT2D eigenvalue weighted by Gasteiger charge is -2.06. The molecule has 0 saturated heterocycles. The van der Waals surface area contributed by atoms with E-state index in [2.05, 4.69) is 31.8 Å². The molecule has 0 aliphatic heterocycles. The van der Waals surface area contributed by atoms with Gasteiger partial charge in [0.05, 0.1) is 26.3 Å². The fourth-order valence-electron chi connectivity index (χ4n) is 1.99. The van der Waals surface area contributed by atoms with Gasteiger partial charge in [-0.1, -0.05) is 29.8 Å². The lowest BCUT2D eigenvalue weighted by atomic mass is 10.2. The molecule has 2 N–H and O–H groups in total. The number of rotatable bonds is 7. The third kappa shape index (κ3) is 6.46. The normalized spacial score (nSPS) is 10.6. The van der Waals surface area contributed by atoms with E-state index in [1.807, 2.05) is 0 Å². The molecule has 0 spiro atoms. The van der Waals surface area contributed by atoms with Crippen LogP contribution in [0.3, 0.4) is 0 Å². The lowest BCUT2D eigenvalue weighted by Crippen LogP contribution is -2.20. The summed E-state index contributed by atoms with van der Waals surface area (Å²) >= 11 is 9.02. The number of benzene rings is 2. The molecular formula is C17H14BrClN4O4. The van der Waals surface area contributed by atoms with Crippen LogP contribution in [-0.2, 0) is 9.59 Å². The molecule has 0 aromatic heterocycles. The fraction of sp³-hybridized carbons (Fsp3) is 0.118. The van der Waals surface area contributed by atoms with E-state index in [-0.39, 0.29) is 24.4 Å². The van der Waals surface area contributed by atoms with Crippen LogP contribution in [-0.4, -0.2) is 23.0 Å². The number of hydrogen-bond acceptors (Lipinski definition) is 5. The highest BCUT2D eigenvalue weighted by Gasteiger charge is 2.12. The molecule has 2 amide bonds. The van der Waals surface area contributed by atoms with Gasteiger partial charge in [0.1, 0.15) is 0 Å². The minimum absolute atomic E-state index is 0.0453. The molecule has 0 radical (unpaired) electrons. The predicted molar refractivity (Wildman–Crippen MR) is 106 cm³/mol. The minimum atomic E-state index is -0.530. The van der Waals surface area contributed by atoms with Crippen LogP contribution in [0.5, 0.6) is 0 Å². The Bertz CT molecular complexity index is 904. The molecule has 0 aliphatic carbocycles. The van der Waals surface area contributed by atoms with Crippen LogP contribution in [0.1, 0.15) is 18.4 Å². The average Bonchev–Trinajstić information content (AvgIpc) is 2.63. The van der Waals surface area contributed by atoms with Gasteiger partial charge in [-0.05, 0) is 34.1 Å². The van der Waals surface area contributed by atoms with Crippen LogP contribution >= 0.6 is 27.5 Å². The van der Waals surface area contributed by atoms with Gasteiger partial charge in [-0.2, -0.15) is 5.10 Å². The van der Waals surface area contributed by atoms with Gasteiger partial charge in [-0.15, -0.1) is 0 Å². The molecule has 2 aromatic carbocycles. The molecule has 0 bridgehead atoms. The van der Waals surface area contributed by atoms with Crippen molar-refractivity contribution in [1.82, 2.24) is 5.43 Å². The van der Waals surface area contributed by atoms with Crippen molar-refractivity contribution in [2.75, 3.05) is 5.32 Å². The molecule has 0 fully saturated rings. The first-order valence-electron chi connectivity index (χ1n) is 7.67. The van der Waals surface area contributed by atoms with Crippen LogP contribution in [0.4, 0.5) is 11.4 Å². The van der Waals surface area contributed by atoms with E-state index in [9.17, 15) is 19.7 Å². The zero-order chi connectivity index (χ0) is 19.8. The Morgan fingerprint density at radius 3 is 2.59 bits per heavy atom. The topological polar surface area (TPSA) is 114 Å². The Balaban J connectivity index is 1.81. The highest BCUT2D eigenvalue weighted by atomic mass is 79.9. The van der Waals surface area contributed by atoms with Crippen LogP contribution in [0.2, 0.25) is 5.02 Å². The van der Waals surface area contributed by atoms with E-state index < -0.39 is 10.8 Å². The maximum absolute atomic E-state index is 11.8. The van der Waals surface area contributed by atoms with Gasteiger partial charge in [-0.3, -0.25) is 19.7 Å². The third-order valence-electron chi connectivity index (χ3n) is 3.30. The first-order valence-corrected chi connectivity index (χ1v) is 8.84. The summed E-state index contributed by atoms with van der Waals surface area (Å²) in [4.78, 5) is 33.9. The average molecular weight is 454 g/mol. The summed E-state index contributed by atoms with van der Waals surface area (Å²) in [5.41, 5.74) is 3.08. The first kappa shape index (κ1) is 20.5. The van der Waals surface area contributed by atoms with Gasteiger partial charge >= 0.3 is 0 Å². The van der Waals surface area contributed by atoms with Crippen molar-refractivity contribution in [3.05, 3.63) is 67.6 Å². The largest absolute Gasteiger partial charge is 0.325 e. The summed E-state index contributed by atoms with van der Waals surface area (Å²) in [5.74, 6) is -0.821. The molecule has 0 atom stereocenters. The number of nitro benzene ring substituents is 1. The molecule has 2 rings (SSSR count). The number of hydrogen-bond donors (Lipinski definition) is 2. The third-order valence-corrected chi connectivity index (χ3v) is 4.30. The standard InChI is InChI=1S/C17H14BrClN4O4/c18-12-6-5-11(9-15(12)23(26)27)10-20-22-17(25)8-7-16(24)21-14-4-2-1-3-13(14)19/h1-6,9-10H,7-8H2,(H,21,24)(H,22,25). The number of carbonyl (C=O) groups excluding carboxylic acids is 2. The zero-order valence-corrected chi connectivity index (χ0v) is 16.2. The molecule has 8 nitrogen and oxygen atoms in total. The zero-order valence-electron chi connectivity index (χ0n) is 13.8. The summed E-state index contributed by atoms with van der Waals surface area (Å²) in [6, 6.07) is 11.2. The Hall–Kier alpha value is -2.78. The van der Waals surface area contributed by atoms with Crippen molar-refractivity contribution < 1.29 is 14.5 Å². The Kier molecular flexibility index (Phi) is 7.44. The van der Waals surface area contributed by atoms with E-state index in [1.165, 1.54) is 18.3 Å². The number of halogens is 2. The second kappa shape index (κ2) is 9.79. The lowest BCUT2D eigenvalue weighted by molar-refractivity contribution is -0.385. The van der Waals surface area contributed by atoms with E-state index in [0.717, 1.165) is 0 Å². The number of hydrazone groups is 1. The maximum Gasteiger partial charge on any atom is 0.284 e. The number of amides is 2. The van der Waals surface area contributed by atoms with Crippen molar-refractivity contribution >= 4 is 56.9 Å². The monoisotopic (exact) mass is 452 g/mol. The summed E-state index contributed by atoms with van der Waals surface area (Å²) in [5, 5.41) is 17.6. The van der Waals surface area contributed by atoms with E-state index in [4.69, 9.17) is 11.6 Å². The highest BCUT2D eigenvalue weighted by Crippen LogP contribution is 2.25. The summed E-state index contributed by atoms with van der Waals surface area (Å²) in [6.07, 6.45) is 1.16. The molecule has 0 unspecified atom stereocenters. The summed E-state index contributed by atoms with van der Waals surface area (Å²) < 4.78 is 0.346. The van der Waals surface area contributed by atoms with Crippen molar-refractivity contribution in [2.45, 2.75) is 12.8 Å². The van der Waals surface area contributed by atoms with Crippen molar-refractivity contribution in [3.8, 4) is 0 Å². The first-order chi connectivity index (χ1) is 12.9. The van der Waals surface area contributed by atoms with E-state index in [1.54, 1.807) is 30.3 Å². The smallest absolute Gasteiger partial charge is 0.284 e. The number of para-hydroxylation sites is 1. The minimum Gasteiger partial charge on any atom is -0.325 e. The van der Waals surface area contributed by atoms with E-state index >= 15 is 0 Å². The van der Waals surface area contributed by atoms with Crippen molar-refractivity contribution in [2.24, 2.45) is 5.10 Å². The van der Waals surface area contributed by atoms with Crippen LogP contribution in [0.15, 0.2) is 52.0 Å². The van der Waals surface area contributed by atoms with Gasteiger partial charge in [0.2, 0.25) is 11.8 Å². The number of nitrogens with one attached hydrogen (secondary N) is 2. The molecule has 10 heteroatoms. The fourth-order valence-corrected chi connectivity index (χ4v) is 2.56. The van der Waals surface area contributed by atoms with Crippen LogP contribution < -0.4 is 10.7 Å². The van der Waals surface area contributed by atoms with Gasteiger partial charge < -0.3 is 5.32 Å². The second-order valence-corrected chi connectivity index (χ2v) is 6.55. The van der Waals surface area contributed by atoms with Crippen molar-refractivity contribution in [3.63, 3.8) is 0 Å². The summed E-state index contributed by atoms with van der Waals surface area (Å²) in [6.45, 7) is 0. The second-order valence-electron chi connectivity index (χ2n) is 5.29. The molecule has 0 saturated carbocycles. The molecule has 0 heterocycles. The molecular weight excluding hydrogens is 440 g/mol. The Morgan fingerprint density at radius 1 is 1.19 bits per heavy atom. The van der Waals surface area contributed by atoms with Gasteiger partial charge in [0, 0.05) is 24.5 Å². The van der Waals surface area contributed by atoms with Gasteiger partial charge in [-0.25, -0.2) is 5.43 Å². The van der Waals surface area contributed by atoms with Crippen LogP contribution in [0, 0.1) is 10.1 Å². The van der Waals surface area contributed by atoms with Gasteiger partial charge in [0.15, 0.2) is 0 Å². The number of nitrogens with zero attached hydrogens (tertiary/aromatic N) is 2. The Labute approximate surface area is 167 Å². The highest BCUT2D eigenvalue weighted by molar-refractivity contribution is 9.10. The van der Waals surface area contributed by atoms with E-state index in [0.29, 0.717) is 20.7 Å².